The van der Waals surface area contributed by atoms with Crippen LogP contribution in [0.25, 0.3) is 17.0 Å². The van der Waals surface area contributed by atoms with Gasteiger partial charge in [-0.2, -0.15) is 0 Å². The number of H-pyrrole nitrogens is 1. The van der Waals surface area contributed by atoms with Crippen LogP contribution >= 0.6 is 23.4 Å². The molecular weight excluding hydrogens is 422 g/mol. The smallest absolute Gasteiger partial charge is 0.266 e. The molecule has 2 aromatic heterocycles. The van der Waals surface area contributed by atoms with Gasteiger partial charge >= 0.3 is 0 Å². The average Bonchev–Trinajstić information content (AvgIpc) is 3.06. The molecule has 0 aliphatic heterocycles. The maximum absolute atomic E-state index is 12.5. The average molecular weight is 440 g/mol. The zero-order chi connectivity index (χ0) is 21.3. The van der Waals surface area contributed by atoms with Crippen LogP contribution < -0.4 is 10.9 Å². The Bertz CT molecular complexity index is 1280. The van der Waals surface area contributed by atoms with E-state index >= 15 is 0 Å². The van der Waals surface area contributed by atoms with Gasteiger partial charge in [0.1, 0.15) is 0 Å². The molecule has 2 N–H and O–H groups in total. The van der Waals surface area contributed by atoms with Crippen molar-refractivity contribution in [2.75, 3.05) is 11.1 Å². The van der Waals surface area contributed by atoms with Crippen molar-refractivity contribution in [3.63, 3.8) is 0 Å². The van der Waals surface area contributed by atoms with Crippen molar-refractivity contribution in [2.24, 2.45) is 0 Å². The van der Waals surface area contributed by atoms with Gasteiger partial charge in [0.15, 0.2) is 16.6 Å². The first-order valence-electron chi connectivity index (χ1n) is 9.14. The van der Waals surface area contributed by atoms with Crippen LogP contribution in [0.2, 0.25) is 5.02 Å². The van der Waals surface area contributed by atoms with Gasteiger partial charge in [0, 0.05) is 22.3 Å². The number of aromatic amines is 1. The second-order valence-corrected chi connectivity index (χ2v) is 8.24. The Labute approximate surface area is 181 Å². The Morgan fingerprint density at radius 1 is 1.10 bits per heavy atom. The van der Waals surface area contributed by atoms with Gasteiger partial charge in [0.05, 0.1) is 5.75 Å². The van der Waals surface area contributed by atoms with E-state index in [1.807, 2.05) is 32.0 Å². The first-order chi connectivity index (χ1) is 14.4. The number of carbonyl (C=O) groups is 1. The Morgan fingerprint density at radius 3 is 2.50 bits per heavy atom. The summed E-state index contributed by atoms with van der Waals surface area (Å²) in [5.41, 5.74) is 3.80. The number of carbonyl (C=O) groups excluding carboxylic acids is 1. The number of aromatic nitrogens is 4. The van der Waals surface area contributed by atoms with Crippen molar-refractivity contribution in [1.82, 2.24) is 19.6 Å². The Hall–Kier alpha value is -3.10. The van der Waals surface area contributed by atoms with Gasteiger partial charge in [0.2, 0.25) is 5.91 Å². The summed E-state index contributed by atoms with van der Waals surface area (Å²) in [6, 6.07) is 14.4. The SMILES string of the molecule is Cc1cc(C)cc(NC(=O)CSc2nc(-c3ccc(Cl)cc3)nc3cc(=O)[nH]n23)c1. The number of nitrogens with zero attached hydrogens (tertiary/aromatic N) is 3. The molecular formula is C21H18ClN5O2S. The summed E-state index contributed by atoms with van der Waals surface area (Å²) in [6.07, 6.45) is 0. The highest BCUT2D eigenvalue weighted by Crippen LogP contribution is 2.23. The number of nitrogens with one attached hydrogen (secondary N) is 2. The molecule has 0 saturated heterocycles. The van der Waals surface area contributed by atoms with Crippen molar-refractivity contribution in [3.05, 3.63) is 75.0 Å². The minimum Gasteiger partial charge on any atom is -0.325 e. The highest BCUT2D eigenvalue weighted by molar-refractivity contribution is 7.99. The van der Waals surface area contributed by atoms with Crippen LogP contribution in [0.1, 0.15) is 11.1 Å². The van der Waals surface area contributed by atoms with Crippen LogP contribution in [-0.2, 0) is 4.79 Å². The number of fused-ring (bicyclic) bond motifs is 1. The third-order valence-electron chi connectivity index (χ3n) is 4.26. The standard InChI is InChI=1S/C21H18ClN5O2S/c1-12-7-13(2)9-16(8-12)23-19(29)11-30-21-25-20(14-3-5-15(22)6-4-14)24-17-10-18(28)26-27(17)21/h3-10H,11H2,1-2H3,(H,23,29)(H,26,28). The maximum Gasteiger partial charge on any atom is 0.266 e. The van der Waals surface area contributed by atoms with Crippen molar-refractivity contribution in [1.29, 1.82) is 0 Å². The lowest BCUT2D eigenvalue weighted by molar-refractivity contribution is -0.113. The van der Waals surface area contributed by atoms with Gasteiger partial charge in [-0.1, -0.05) is 29.4 Å². The number of amides is 1. The van der Waals surface area contributed by atoms with E-state index < -0.39 is 0 Å². The van der Waals surface area contributed by atoms with Gasteiger partial charge < -0.3 is 5.32 Å². The predicted molar refractivity (Wildman–Crippen MR) is 119 cm³/mol. The minimum atomic E-state index is -0.293. The van der Waals surface area contributed by atoms with E-state index in [-0.39, 0.29) is 17.2 Å². The van der Waals surface area contributed by atoms with Gasteiger partial charge in [0.25, 0.3) is 5.56 Å². The molecule has 2 aromatic carbocycles. The predicted octanol–water partition coefficient (Wildman–Crippen LogP) is 4.09. The minimum absolute atomic E-state index is 0.124. The fourth-order valence-electron chi connectivity index (χ4n) is 3.08. The summed E-state index contributed by atoms with van der Waals surface area (Å²) >= 11 is 7.17. The Balaban J connectivity index is 1.59. The first kappa shape index (κ1) is 20.2. The van der Waals surface area contributed by atoms with Crippen LogP contribution in [0.5, 0.6) is 0 Å². The molecule has 0 spiro atoms. The highest BCUT2D eigenvalue weighted by Gasteiger charge is 2.13. The molecule has 0 fully saturated rings. The van der Waals surface area contributed by atoms with Gasteiger partial charge in [-0.05, 0) is 61.4 Å². The first-order valence-corrected chi connectivity index (χ1v) is 10.5. The fraction of sp³-hybridized carbons (Fsp3) is 0.143. The zero-order valence-electron chi connectivity index (χ0n) is 16.3. The van der Waals surface area contributed by atoms with Crippen LogP contribution in [0.15, 0.2) is 58.5 Å². The molecule has 9 heteroatoms. The van der Waals surface area contributed by atoms with Crippen LogP contribution in [0.3, 0.4) is 0 Å². The van der Waals surface area contributed by atoms with Crippen molar-refractivity contribution < 1.29 is 4.79 Å². The van der Waals surface area contributed by atoms with Crippen LogP contribution in [-0.4, -0.2) is 31.2 Å². The number of anilines is 1. The summed E-state index contributed by atoms with van der Waals surface area (Å²) in [5.74, 6) is 0.404. The lowest BCUT2D eigenvalue weighted by atomic mass is 10.1. The monoisotopic (exact) mass is 439 g/mol. The molecule has 0 unspecified atom stereocenters. The summed E-state index contributed by atoms with van der Waals surface area (Å²) in [6.45, 7) is 3.96. The number of thioether (sulfide) groups is 1. The normalized spacial score (nSPS) is 11.0. The molecule has 0 aliphatic rings. The summed E-state index contributed by atoms with van der Waals surface area (Å²) in [7, 11) is 0. The number of benzene rings is 2. The van der Waals surface area contributed by atoms with Crippen molar-refractivity contribution in [2.45, 2.75) is 19.0 Å². The zero-order valence-corrected chi connectivity index (χ0v) is 17.8. The van der Waals surface area contributed by atoms with E-state index in [1.54, 1.807) is 24.3 Å². The Kier molecular flexibility index (Phi) is 5.61. The van der Waals surface area contributed by atoms with Crippen molar-refractivity contribution >= 4 is 40.6 Å². The van der Waals surface area contributed by atoms with Crippen LogP contribution in [0, 0.1) is 13.8 Å². The highest BCUT2D eigenvalue weighted by atomic mass is 35.5. The van der Waals surface area contributed by atoms with Crippen molar-refractivity contribution in [3.8, 4) is 11.4 Å². The van der Waals surface area contributed by atoms with Gasteiger partial charge in [-0.15, -0.1) is 0 Å². The van der Waals surface area contributed by atoms with E-state index in [2.05, 4.69) is 20.4 Å². The largest absolute Gasteiger partial charge is 0.325 e. The molecule has 30 heavy (non-hydrogen) atoms. The quantitative estimate of drug-likeness (QED) is 0.457. The third kappa shape index (κ3) is 4.55. The number of hydrogen-bond acceptors (Lipinski definition) is 5. The second-order valence-electron chi connectivity index (χ2n) is 6.86. The number of aryl methyl sites for hydroxylation is 2. The molecule has 4 aromatic rings. The maximum atomic E-state index is 12.5. The summed E-state index contributed by atoms with van der Waals surface area (Å²) < 4.78 is 1.48. The van der Waals surface area contributed by atoms with Crippen LogP contribution in [0.4, 0.5) is 5.69 Å². The van der Waals surface area contributed by atoms with E-state index in [0.717, 1.165) is 22.4 Å². The molecule has 1 amide bonds. The fourth-order valence-corrected chi connectivity index (χ4v) is 3.96. The lowest BCUT2D eigenvalue weighted by Gasteiger charge is -2.09. The molecule has 152 valence electrons. The summed E-state index contributed by atoms with van der Waals surface area (Å²) in [5, 5.41) is 6.63. The molecule has 0 bridgehead atoms. The van der Waals surface area contributed by atoms with E-state index in [0.29, 0.717) is 21.7 Å². The second kappa shape index (κ2) is 8.33. The molecule has 0 saturated carbocycles. The van der Waals surface area contributed by atoms with E-state index in [1.165, 1.54) is 22.3 Å². The molecule has 0 radical (unpaired) electrons. The molecule has 7 nitrogen and oxygen atoms in total. The topological polar surface area (TPSA) is 92.2 Å². The number of halogens is 1. The summed E-state index contributed by atoms with van der Waals surface area (Å²) in [4.78, 5) is 33.3. The number of hydrogen-bond donors (Lipinski definition) is 2. The van der Waals surface area contributed by atoms with E-state index in [4.69, 9.17) is 11.6 Å². The molecule has 0 aliphatic carbocycles. The van der Waals surface area contributed by atoms with E-state index in [9.17, 15) is 9.59 Å². The third-order valence-corrected chi connectivity index (χ3v) is 5.46. The lowest BCUT2D eigenvalue weighted by Crippen LogP contribution is -2.15. The number of rotatable bonds is 5. The molecule has 4 rings (SSSR count). The Morgan fingerprint density at radius 2 is 1.80 bits per heavy atom. The van der Waals surface area contributed by atoms with Gasteiger partial charge in [-0.3, -0.25) is 14.7 Å². The van der Waals surface area contributed by atoms with Gasteiger partial charge in [-0.25, -0.2) is 14.5 Å². The molecule has 2 heterocycles. The molecule has 0 atom stereocenters.